The smallest absolute Gasteiger partial charge is 0.240 e. The van der Waals surface area contributed by atoms with Gasteiger partial charge in [0.05, 0.1) is 44.1 Å². The summed E-state index contributed by atoms with van der Waals surface area (Å²) in [5, 5.41) is 9.89. The zero-order chi connectivity index (χ0) is 44.3. The first-order chi connectivity index (χ1) is 33.1. The molecule has 0 atom stereocenters. The largest absolute Gasteiger partial charge is 0.278 e. The lowest BCUT2D eigenvalue weighted by atomic mass is 9.99. The molecule has 0 aliphatic carbocycles. The van der Waals surface area contributed by atoms with Crippen molar-refractivity contribution >= 4 is 104 Å². The number of hydrogen-bond acceptors (Lipinski definition) is 4. The van der Waals surface area contributed by atoms with Gasteiger partial charge < -0.3 is 0 Å². The molecule has 0 unspecified atom stereocenters. The maximum atomic E-state index is 5.72. The van der Waals surface area contributed by atoms with Crippen molar-refractivity contribution in [2.75, 3.05) is 0 Å². The van der Waals surface area contributed by atoms with Crippen LogP contribution in [0.5, 0.6) is 0 Å². The van der Waals surface area contributed by atoms with E-state index in [1.165, 1.54) is 0 Å². The summed E-state index contributed by atoms with van der Waals surface area (Å²) in [6.45, 7) is 6.36. The van der Waals surface area contributed by atoms with E-state index in [2.05, 4.69) is 220 Å². The van der Waals surface area contributed by atoms with E-state index >= 15 is 0 Å². The molecular formula is C59H38N8. The number of para-hydroxylation sites is 6. The predicted molar refractivity (Wildman–Crippen MR) is 276 cm³/mol. The average molecular weight is 859 g/mol. The Morgan fingerprint density at radius 3 is 1.40 bits per heavy atom. The highest BCUT2D eigenvalue weighted by molar-refractivity contribution is 6.19. The number of nitrogens with zero attached hydrogens (tertiary/aromatic N) is 8. The van der Waals surface area contributed by atoms with Gasteiger partial charge in [0.15, 0.2) is 5.82 Å². The summed E-state index contributed by atoms with van der Waals surface area (Å²) < 4.78 is 8.99. The van der Waals surface area contributed by atoms with Gasteiger partial charge in [0.1, 0.15) is 5.69 Å². The number of aromatic nitrogens is 8. The van der Waals surface area contributed by atoms with Crippen LogP contribution in [0.4, 0.5) is 0 Å². The first kappa shape index (κ1) is 37.3. The molecule has 0 N–H and O–H groups in total. The monoisotopic (exact) mass is 858 g/mol. The highest BCUT2D eigenvalue weighted by Gasteiger charge is 2.26. The normalized spacial score (nSPS) is 12.3. The minimum Gasteiger partial charge on any atom is -0.278 e. The molecule has 0 saturated heterocycles. The van der Waals surface area contributed by atoms with E-state index in [-0.39, 0.29) is 0 Å². The molecule has 8 nitrogen and oxygen atoms in total. The number of fused-ring (bicyclic) bond motifs is 15. The van der Waals surface area contributed by atoms with Crippen molar-refractivity contribution < 1.29 is 0 Å². The van der Waals surface area contributed by atoms with E-state index < -0.39 is 0 Å². The topological polar surface area (TPSA) is 70.2 Å². The van der Waals surface area contributed by atoms with Crippen molar-refractivity contribution in [3.8, 4) is 23.4 Å². The summed E-state index contributed by atoms with van der Waals surface area (Å²) >= 11 is 0. The second kappa shape index (κ2) is 14.2. The fourth-order valence-electron chi connectivity index (χ4n) is 10.7. The van der Waals surface area contributed by atoms with Crippen LogP contribution in [-0.4, -0.2) is 37.9 Å². The summed E-state index contributed by atoms with van der Waals surface area (Å²) in [5.74, 6) is 2.21. The molecular weight excluding hydrogens is 821 g/mol. The van der Waals surface area contributed by atoms with Gasteiger partial charge in [-0.2, -0.15) is 15.0 Å². The van der Waals surface area contributed by atoms with Crippen molar-refractivity contribution in [2.24, 2.45) is 0 Å². The van der Waals surface area contributed by atoms with Crippen LogP contribution >= 0.6 is 0 Å². The Morgan fingerprint density at radius 1 is 0.418 bits per heavy atom. The highest BCUT2D eigenvalue weighted by atomic mass is 15.3. The standard InChI is InChI=1S/C59H38N8/c1-3-4-19-45-39-22-7-5-20-37(39)38-21-6-8-23-40(38)46-34-36(2)35-53-54(46)67(59-60-47-28-13-18-33-52(47)66(53)59)55(45)56-61-57(64-48-29-14-9-24-41(48)42-25-10-15-30-49(42)64)63-58(62-56)65-50-31-16-11-26-43(50)44-27-12-17-32-51(44)65/h3-35H,1H2,2H3/b19-4-,55-45?. The van der Waals surface area contributed by atoms with E-state index in [1.807, 2.05) is 12.2 Å². The summed E-state index contributed by atoms with van der Waals surface area (Å²) in [6, 6.07) is 64.4. The van der Waals surface area contributed by atoms with Gasteiger partial charge in [-0.05, 0) is 82.6 Å². The summed E-state index contributed by atoms with van der Waals surface area (Å²) in [4.78, 5) is 22.5. The molecule has 0 fully saturated rings. The van der Waals surface area contributed by atoms with Crippen LogP contribution in [0, 0.1) is 6.92 Å². The van der Waals surface area contributed by atoms with Gasteiger partial charge in [0.2, 0.25) is 17.7 Å². The van der Waals surface area contributed by atoms with Gasteiger partial charge in [-0.15, -0.1) is 0 Å². The van der Waals surface area contributed by atoms with Gasteiger partial charge in [-0.25, -0.2) is 4.98 Å². The molecule has 8 aromatic carbocycles. The molecule has 67 heavy (non-hydrogen) atoms. The minimum atomic E-state index is 0.478. The Hall–Kier alpha value is -9.14. The number of aryl methyl sites for hydroxylation is 1. The van der Waals surface area contributed by atoms with E-state index in [1.54, 1.807) is 0 Å². The summed E-state index contributed by atoms with van der Waals surface area (Å²) in [7, 11) is 0. The van der Waals surface area contributed by atoms with E-state index in [9.17, 15) is 0 Å². The SMILES string of the molecule is C=C/C=C\c1c(-c2nc(-n3c4ccccc4c4ccccc43)nc(-n3c4ccccc4c4ccccc43)n2)n2c3c(cc(C)cc3n3c4ccccc4nc23)c2ccccc2c2ccccc12. The number of benzene rings is 8. The van der Waals surface area contributed by atoms with Crippen molar-refractivity contribution in [1.82, 2.24) is 37.9 Å². The minimum absolute atomic E-state index is 0.478. The fourth-order valence-corrected chi connectivity index (χ4v) is 10.7. The molecule has 0 saturated carbocycles. The zero-order valence-corrected chi connectivity index (χ0v) is 36.3. The van der Waals surface area contributed by atoms with Gasteiger partial charge in [0.25, 0.3) is 0 Å². The average Bonchev–Trinajstić information content (AvgIpc) is 4.11. The maximum absolute atomic E-state index is 5.72. The molecule has 314 valence electrons. The first-order valence-electron chi connectivity index (χ1n) is 22.5. The van der Waals surface area contributed by atoms with Gasteiger partial charge in [-0.3, -0.25) is 17.9 Å². The van der Waals surface area contributed by atoms with Crippen molar-refractivity contribution in [2.45, 2.75) is 6.92 Å². The molecule has 6 aromatic heterocycles. The molecule has 0 bridgehead atoms. The van der Waals surface area contributed by atoms with Gasteiger partial charge in [-0.1, -0.05) is 158 Å². The lowest BCUT2D eigenvalue weighted by Crippen LogP contribution is -2.11. The lowest BCUT2D eigenvalue weighted by molar-refractivity contribution is 0.887. The van der Waals surface area contributed by atoms with Crippen LogP contribution in [0.2, 0.25) is 0 Å². The van der Waals surface area contributed by atoms with E-state index in [0.29, 0.717) is 17.7 Å². The van der Waals surface area contributed by atoms with Crippen LogP contribution in [0.1, 0.15) is 11.1 Å². The molecule has 0 spiro atoms. The number of allylic oxidation sites excluding steroid dienone is 2. The van der Waals surface area contributed by atoms with Crippen LogP contribution in [-0.2, 0) is 0 Å². The van der Waals surface area contributed by atoms with Crippen molar-refractivity contribution in [1.29, 1.82) is 0 Å². The molecule has 0 aliphatic rings. The Kier molecular flexibility index (Phi) is 7.88. The molecule has 0 aliphatic heterocycles. The first-order valence-corrected chi connectivity index (χ1v) is 22.5. The molecule has 0 amide bonds. The van der Waals surface area contributed by atoms with Crippen molar-refractivity contribution in [3.63, 3.8) is 0 Å². The maximum Gasteiger partial charge on any atom is 0.240 e. The summed E-state index contributed by atoms with van der Waals surface area (Å²) in [6.07, 6.45) is 5.99. The predicted octanol–water partition coefficient (Wildman–Crippen LogP) is 14.3. The van der Waals surface area contributed by atoms with Gasteiger partial charge in [0, 0.05) is 32.5 Å². The Labute approximate surface area is 382 Å². The molecule has 8 heteroatoms. The summed E-state index contributed by atoms with van der Waals surface area (Å²) in [5.41, 5.74) is 10.7. The molecule has 14 rings (SSSR count). The van der Waals surface area contributed by atoms with Crippen molar-refractivity contribution in [3.05, 3.63) is 212 Å². The van der Waals surface area contributed by atoms with E-state index in [4.69, 9.17) is 19.9 Å². The fraction of sp³-hybridized carbons (Fsp3) is 0.0169. The third-order valence-corrected chi connectivity index (χ3v) is 13.4. The molecule has 14 aromatic rings. The number of imidazole rings is 2. The lowest BCUT2D eigenvalue weighted by Gasteiger charge is -2.15. The van der Waals surface area contributed by atoms with Crippen LogP contribution < -0.4 is 0 Å². The Morgan fingerprint density at radius 2 is 0.866 bits per heavy atom. The third-order valence-electron chi connectivity index (χ3n) is 13.4. The highest BCUT2D eigenvalue weighted by Crippen LogP contribution is 2.41. The van der Waals surface area contributed by atoms with E-state index in [0.717, 1.165) is 115 Å². The molecule has 6 heterocycles. The van der Waals surface area contributed by atoms with Crippen LogP contribution in [0.25, 0.3) is 128 Å². The number of hydrogen-bond donors (Lipinski definition) is 0. The second-order valence-corrected chi connectivity index (χ2v) is 17.2. The number of rotatable bonds is 5. The van der Waals surface area contributed by atoms with Crippen LogP contribution in [0.3, 0.4) is 0 Å². The zero-order valence-electron chi connectivity index (χ0n) is 36.3. The quantitative estimate of drug-likeness (QED) is 0.162. The third kappa shape index (κ3) is 5.29. The van der Waals surface area contributed by atoms with Gasteiger partial charge >= 0.3 is 0 Å². The molecule has 0 radical (unpaired) electrons. The van der Waals surface area contributed by atoms with Crippen LogP contribution in [0.15, 0.2) is 201 Å². The Balaban J connectivity index is 1.29. The Bertz CT molecular complexity index is 4260. The second-order valence-electron chi connectivity index (χ2n) is 17.2.